The summed E-state index contributed by atoms with van der Waals surface area (Å²) in [6.07, 6.45) is 9.34. The van der Waals surface area contributed by atoms with E-state index in [2.05, 4.69) is 150 Å². The Bertz CT molecular complexity index is 3130. The number of rotatable bonds is 5. The van der Waals surface area contributed by atoms with E-state index >= 15 is 0 Å². The van der Waals surface area contributed by atoms with Gasteiger partial charge in [-0.2, -0.15) is 0 Å². The van der Waals surface area contributed by atoms with Crippen LogP contribution in [0.15, 0.2) is 180 Å². The first kappa shape index (κ1) is 30.5. The molecule has 11 rings (SSSR count). The van der Waals surface area contributed by atoms with Crippen LogP contribution >= 0.6 is 0 Å². The van der Waals surface area contributed by atoms with E-state index in [9.17, 15) is 0 Å². The molecule has 3 heterocycles. The van der Waals surface area contributed by atoms with E-state index < -0.39 is 0 Å². The number of fused-ring (bicyclic) bond motifs is 7. The molecular weight excluding hydrogens is 661 g/mol. The van der Waals surface area contributed by atoms with Gasteiger partial charge < -0.3 is 8.98 Å². The second kappa shape index (κ2) is 12.2. The van der Waals surface area contributed by atoms with Gasteiger partial charge in [0.2, 0.25) is 0 Å². The average molecular weight is 693 g/mol. The number of nitrogens with zero attached hydrogens (tertiary/aromatic N) is 4. The first-order chi connectivity index (χ1) is 26.7. The van der Waals surface area contributed by atoms with Gasteiger partial charge in [0.25, 0.3) is 0 Å². The zero-order valence-corrected chi connectivity index (χ0v) is 29.2. The number of benzene rings is 7. The lowest BCUT2D eigenvalue weighted by molar-refractivity contribution is 0.669. The highest BCUT2D eigenvalue weighted by Crippen LogP contribution is 2.38. The van der Waals surface area contributed by atoms with Crippen LogP contribution in [0.25, 0.3) is 94.1 Å². The predicted molar refractivity (Wildman–Crippen MR) is 221 cm³/mol. The lowest BCUT2D eigenvalue weighted by Crippen LogP contribution is -2.08. The normalized spacial score (nSPS) is 14.3. The molecule has 0 saturated heterocycles. The van der Waals surface area contributed by atoms with Gasteiger partial charge in [-0.3, -0.25) is 0 Å². The molecule has 0 saturated carbocycles. The first-order valence-electron chi connectivity index (χ1n) is 18.4. The van der Waals surface area contributed by atoms with Crippen molar-refractivity contribution >= 4 is 54.5 Å². The number of allylic oxidation sites excluding steroid dienone is 4. The predicted octanol–water partition coefficient (Wildman–Crippen LogP) is 12.6. The van der Waals surface area contributed by atoms with Crippen LogP contribution in [0.2, 0.25) is 0 Å². The number of para-hydroxylation sites is 2. The average Bonchev–Trinajstić information content (AvgIpc) is 3.78. The molecule has 254 valence electrons. The summed E-state index contributed by atoms with van der Waals surface area (Å²) in [5.41, 5.74) is 9.36. The molecule has 0 N–H and O–H groups in total. The third kappa shape index (κ3) is 4.97. The van der Waals surface area contributed by atoms with Gasteiger partial charge in [-0.25, -0.2) is 15.0 Å². The van der Waals surface area contributed by atoms with Crippen molar-refractivity contribution in [2.75, 3.05) is 0 Å². The Kier molecular flexibility index (Phi) is 6.92. The van der Waals surface area contributed by atoms with Crippen molar-refractivity contribution in [3.05, 3.63) is 182 Å². The van der Waals surface area contributed by atoms with Crippen molar-refractivity contribution in [1.82, 2.24) is 19.5 Å². The Labute approximate surface area is 311 Å². The Morgan fingerprint density at radius 2 is 1.20 bits per heavy atom. The van der Waals surface area contributed by atoms with E-state index in [4.69, 9.17) is 19.4 Å². The minimum atomic E-state index is 0.0712. The van der Waals surface area contributed by atoms with Gasteiger partial charge in [-0.1, -0.05) is 133 Å². The fourth-order valence-electron chi connectivity index (χ4n) is 8.09. The highest BCUT2D eigenvalue weighted by molar-refractivity contribution is 6.14. The van der Waals surface area contributed by atoms with Crippen LogP contribution in [0, 0.1) is 0 Å². The van der Waals surface area contributed by atoms with Gasteiger partial charge in [0.15, 0.2) is 11.6 Å². The number of furan rings is 1. The number of aromatic nitrogens is 4. The van der Waals surface area contributed by atoms with Crippen molar-refractivity contribution in [1.29, 1.82) is 0 Å². The minimum absolute atomic E-state index is 0.0712. The zero-order chi connectivity index (χ0) is 35.6. The lowest BCUT2D eigenvalue weighted by atomic mass is 9.99. The van der Waals surface area contributed by atoms with E-state index in [1.54, 1.807) is 0 Å². The van der Waals surface area contributed by atoms with Crippen LogP contribution < -0.4 is 0 Å². The molecule has 1 unspecified atom stereocenters. The molecule has 0 amide bonds. The van der Waals surface area contributed by atoms with E-state index in [1.165, 1.54) is 32.6 Å². The van der Waals surface area contributed by atoms with Crippen LogP contribution in [0.4, 0.5) is 0 Å². The molecule has 1 atom stereocenters. The second-order valence-corrected chi connectivity index (χ2v) is 14.0. The minimum Gasteiger partial charge on any atom is -0.456 e. The SMILES string of the molecule is C1=CCC(c2nc(-c3ccc(-c4ccc(-n5c6ccccc6c6cc7ccccc7cc65)cc4)cc3)nc(-c3cccc4oc5ccccc5c34)n2)C=C1. The summed E-state index contributed by atoms with van der Waals surface area (Å²) in [4.78, 5) is 15.3. The summed E-state index contributed by atoms with van der Waals surface area (Å²) < 4.78 is 8.60. The van der Waals surface area contributed by atoms with Gasteiger partial charge in [0, 0.05) is 44.3 Å². The molecule has 0 fully saturated rings. The van der Waals surface area contributed by atoms with Crippen molar-refractivity contribution in [2.24, 2.45) is 0 Å². The van der Waals surface area contributed by atoms with Crippen LogP contribution in [0.1, 0.15) is 18.2 Å². The third-order valence-corrected chi connectivity index (χ3v) is 10.8. The Hall–Kier alpha value is -7.11. The van der Waals surface area contributed by atoms with Crippen LogP contribution in [0.5, 0.6) is 0 Å². The molecular formula is C49H32N4O. The molecule has 1 aliphatic carbocycles. The Morgan fingerprint density at radius 3 is 2.02 bits per heavy atom. The summed E-state index contributed by atoms with van der Waals surface area (Å²) in [6.45, 7) is 0. The molecule has 7 aromatic carbocycles. The van der Waals surface area contributed by atoms with Gasteiger partial charge in [0.1, 0.15) is 17.0 Å². The summed E-state index contributed by atoms with van der Waals surface area (Å²) >= 11 is 0. The molecule has 5 nitrogen and oxygen atoms in total. The molecule has 10 aromatic rings. The second-order valence-electron chi connectivity index (χ2n) is 14.0. The summed E-state index contributed by atoms with van der Waals surface area (Å²) in [7, 11) is 0. The van der Waals surface area contributed by atoms with Crippen LogP contribution in [-0.2, 0) is 0 Å². The molecule has 0 radical (unpaired) electrons. The van der Waals surface area contributed by atoms with Gasteiger partial charge in [-0.05, 0) is 70.8 Å². The Balaban J connectivity index is 0.974. The van der Waals surface area contributed by atoms with E-state index in [1.807, 2.05) is 30.3 Å². The summed E-state index contributed by atoms with van der Waals surface area (Å²) in [5.74, 6) is 2.14. The van der Waals surface area contributed by atoms with Crippen molar-refractivity contribution in [3.63, 3.8) is 0 Å². The third-order valence-electron chi connectivity index (χ3n) is 10.8. The number of hydrogen-bond donors (Lipinski definition) is 0. The molecule has 0 spiro atoms. The maximum atomic E-state index is 6.22. The monoisotopic (exact) mass is 692 g/mol. The van der Waals surface area contributed by atoms with Gasteiger partial charge in [0.05, 0.1) is 11.0 Å². The maximum absolute atomic E-state index is 6.22. The molecule has 1 aliphatic rings. The summed E-state index contributed by atoms with van der Waals surface area (Å²) in [5, 5.41) is 7.08. The highest BCUT2D eigenvalue weighted by atomic mass is 16.3. The fourth-order valence-corrected chi connectivity index (χ4v) is 8.09. The van der Waals surface area contributed by atoms with E-state index in [0.717, 1.165) is 62.1 Å². The molecule has 5 heteroatoms. The number of hydrogen-bond acceptors (Lipinski definition) is 4. The van der Waals surface area contributed by atoms with Crippen molar-refractivity contribution in [3.8, 4) is 39.6 Å². The van der Waals surface area contributed by atoms with Crippen molar-refractivity contribution in [2.45, 2.75) is 12.3 Å². The smallest absolute Gasteiger partial charge is 0.164 e. The first-order valence-corrected chi connectivity index (χ1v) is 18.4. The molecule has 3 aromatic heterocycles. The Morgan fingerprint density at radius 1 is 0.519 bits per heavy atom. The van der Waals surface area contributed by atoms with Gasteiger partial charge >= 0.3 is 0 Å². The largest absolute Gasteiger partial charge is 0.456 e. The quantitative estimate of drug-likeness (QED) is 0.180. The zero-order valence-electron chi connectivity index (χ0n) is 29.2. The fraction of sp³-hybridized carbons (Fsp3) is 0.0408. The summed E-state index contributed by atoms with van der Waals surface area (Å²) in [6, 6.07) is 53.6. The molecule has 0 aliphatic heterocycles. The van der Waals surface area contributed by atoms with Gasteiger partial charge in [-0.15, -0.1) is 0 Å². The maximum Gasteiger partial charge on any atom is 0.164 e. The molecule has 54 heavy (non-hydrogen) atoms. The van der Waals surface area contributed by atoms with Crippen molar-refractivity contribution < 1.29 is 4.42 Å². The lowest BCUT2D eigenvalue weighted by Gasteiger charge is -2.15. The van der Waals surface area contributed by atoms with E-state index in [0.29, 0.717) is 11.6 Å². The highest BCUT2D eigenvalue weighted by Gasteiger charge is 2.20. The standard InChI is InChI=1S/C49H32N4O/c1-2-11-33(12-3-1)47-50-48(52-49(51-47)40-17-10-20-45-46(40)39-16-7-9-19-44(39)54-45)34-23-21-31(22-24-34)32-25-27-37(28-26-32)53-42-18-8-6-15-38(42)41-29-35-13-4-5-14-36(35)30-43(41)53/h1-11,13-30,33H,12H2. The van der Waals surface area contributed by atoms with Crippen LogP contribution in [-0.4, -0.2) is 19.5 Å². The van der Waals surface area contributed by atoms with E-state index in [-0.39, 0.29) is 5.92 Å². The van der Waals surface area contributed by atoms with Crippen LogP contribution in [0.3, 0.4) is 0 Å². The topological polar surface area (TPSA) is 56.7 Å². The molecule has 0 bridgehead atoms.